The molecule has 2 amide bonds. The maximum Gasteiger partial charge on any atom is 0.251 e. The van der Waals surface area contributed by atoms with E-state index in [4.69, 9.17) is 23.2 Å². The number of hydrogen-bond acceptors (Lipinski definition) is 2. The van der Waals surface area contributed by atoms with Crippen LogP contribution in [0.15, 0.2) is 46.9 Å². The van der Waals surface area contributed by atoms with Crippen molar-refractivity contribution in [3.63, 3.8) is 0 Å². The van der Waals surface area contributed by atoms with Gasteiger partial charge in [-0.1, -0.05) is 45.2 Å². The lowest BCUT2D eigenvalue weighted by molar-refractivity contribution is -0.121. The van der Waals surface area contributed by atoms with Crippen LogP contribution in [0.5, 0.6) is 0 Å². The fraction of sp³-hybridized carbons (Fsp3) is 0.222. The van der Waals surface area contributed by atoms with Gasteiger partial charge in [-0.15, -0.1) is 0 Å². The first-order valence-corrected chi connectivity index (χ1v) is 9.20. The normalized spacial score (nSPS) is 11.7. The molecule has 25 heavy (non-hydrogen) atoms. The lowest BCUT2D eigenvalue weighted by Crippen LogP contribution is -2.32. The van der Waals surface area contributed by atoms with Gasteiger partial charge in [0.1, 0.15) is 0 Å². The molecule has 0 aliphatic heterocycles. The van der Waals surface area contributed by atoms with Crippen LogP contribution in [0.4, 0.5) is 0 Å². The van der Waals surface area contributed by atoms with Gasteiger partial charge in [0, 0.05) is 33.0 Å². The van der Waals surface area contributed by atoms with Crippen LogP contribution in [-0.2, 0) is 4.79 Å². The van der Waals surface area contributed by atoms with Crippen LogP contribution in [0.1, 0.15) is 35.3 Å². The quantitative estimate of drug-likeness (QED) is 0.676. The second kappa shape index (κ2) is 9.22. The average Bonchev–Trinajstić information content (AvgIpc) is 2.55. The highest BCUT2D eigenvalue weighted by Crippen LogP contribution is 2.26. The highest BCUT2D eigenvalue weighted by atomic mass is 79.9. The summed E-state index contributed by atoms with van der Waals surface area (Å²) in [5.74, 6) is -0.385. The molecule has 0 heterocycles. The van der Waals surface area contributed by atoms with Gasteiger partial charge in [-0.2, -0.15) is 0 Å². The molecule has 0 aliphatic rings. The van der Waals surface area contributed by atoms with Crippen molar-refractivity contribution in [1.29, 1.82) is 0 Å². The number of hydrogen-bond donors (Lipinski definition) is 2. The molecule has 1 atom stereocenters. The number of nitrogens with one attached hydrogen (secondary N) is 2. The Balaban J connectivity index is 1.80. The smallest absolute Gasteiger partial charge is 0.251 e. The Morgan fingerprint density at radius 3 is 2.44 bits per heavy atom. The number of benzene rings is 2. The molecule has 2 aromatic carbocycles. The second-order valence-electron chi connectivity index (χ2n) is 5.47. The molecule has 0 aromatic heterocycles. The van der Waals surface area contributed by atoms with Crippen molar-refractivity contribution >= 4 is 50.9 Å². The third-order valence-corrected chi connectivity index (χ3v) is 4.64. The molecule has 2 N–H and O–H groups in total. The first-order valence-electron chi connectivity index (χ1n) is 7.65. The van der Waals surface area contributed by atoms with Gasteiger partial charge < -0.3 is 10.6 Å². The summed E-state index contributed by atoms with van der Waals surface area (Å²) in [6, 6.07) is 11.9. The van der Waals surface area contributed by atoms with Crippen LogP contribution < -0.4 is 10.6 Å². The number of amides is 2. The molecule has 0 fully saturated rings. The second-order valence-corrected chi connectivity index (χ2v) is 7.23. The summed E-state index contributed by atoms with van der Waals surface area (Å²) in [7, 11) is 0. The zero-order chi connectivity index (χ0) is 18.4. The molecule has 0 spiro atoms. The van der Waals surface area contributed by atoms with E-state index in [0.717, 1.165) is 10.0 Å². The Bertz CT molecular complexity index is 766. The maximum absolute atomic E-state index is 12.0. The highest BCUT2D eigenvalue weighted by Gasteiger charge is 2.13. The summed E-state index contributed by atoms with van der Waals surface area (Å²) in [5, 5.41) is 6.62. The summed E-state index contributed by atoms with van der Waals surface area (Å²) in [6.45, 7) is 2.09. The van der Waals surface area contributed by atoms with E-state index in [2.05, 4.69) is 26.6 Å². The van der Waals surface area contributed by atoms with Gasteiger partial charge in [0.25, 0.3) is 5.91 Å². The number of carbonyl (C=O) groups is 2. The van der Waals surface area contributed by atoms with Crippen molar-refractivity contribution in [1.82, 2.24) is 10.6 Å². The Kier molecular flexibility index (Phi) is 7.29. The highest BCUT2D eigenvalue weighted by molar-refractivity contribution is 9.10. The topological polar surface area (TPSA) is 58.2 Å². The van der Waals surface area contributed by atoms with Crippen molar-refractivity contribution in [3.05, 3.63) is 68.1 Å². The molecular formula is C18H17BrCl2N2O2. The van der Waals surface area contributed by atoms with E-state index in [1.54, 1.807) is 42.5 Å². The molecule has 0 saturated carbocycles. The van der Waals surface area contributed by atoms with Crippen LogP contribution in [0.3, 0.4) is 0 Å². The Morgan fingerprint density at radius 2 is 1.80 bits per heavy atom. The van der Waals surface area contributed by atoms with E-state index in [9.17, 15) is 9.59 Å². The molecular weight excluding hydrogens is 427 g/mol. The monoisotopic (exact) mass is 442 g/mol. The van der Waals surface area contributed by atoms with Crippen molar-refractivity contribution in [2.45, 2.75) is 19.4 Å². The van der Waals surface area contributed by atoms with E-state index in [-0.39, 0.29) is 30.8 Å². The van der Waals surface area contributed by atoms with Gasteiger partial charge in [-0.3, -0.25) is 9.59 Å². The third kappa shape index (κ3) is 6.03. The van der Waals surface area contributed by atoms with Crippen molar-refractivity contribution < 1.29 is 9.59 Å². The summed E-state index contributed by atoms with van der Waals surface area (Å²) < 4.78 is 0.901. The molecule has 0 aliphatic carbocycles. The fourth-order valence-electron chi connectivity index (χ4n) is 2.24. The first-order chi connectivity index (χ1) is 11.9. The lowest BCUT2D eigenvalue weighted by atomic mass is 10.1. The number of rotatable bonds is 6. The van der Waals surface area contributed by atoms with Gasteiger partial charge in [0.2, 0.25) is 5.91 Å². The van der Waals surface area contributed by atoms with Gasteiger partial charge in [-0.25, -0.2) is 0 Å². The maximum atomic E-state index is 12.0. The van der Waals surface area contributed by atoms with E-state index in [1.807, 2.05) is 6.92 Å². The fourth-order valence-corrected chi connectivity index (χ4v) is 3.07. The molecule has 0 radical (unpaired) electrons. The number of halogens is 3. The zero-order valence-corrected chi connectivity index (χ0v) is 16.6. The van der Waals surface area contributed by atoms with E-state index < -0.39 is 0 Å². The summed E-state index contributed by atoms with van der Waals surface area (Å²) in [4.78, 5) is 24.0. The first kappa shape index (κ1) is 19.8. The molecule has 2 aromatic rings. The predicted molar refractivity (Wildman–Crippen MR) is 104 cm³/mol. The SMILES string of the molecule is CC(NC(=O)CCNC(=O)c1ccc(Br)cc1)c1ccc(Cl)cc1Cl. The van der Waals surface area contributed by atoms with E-state index in [1.165, 1.54) is 0 Å². The minimum atomic E-state index is -0.251. The predicted octanol–water partition coefficient (Wildman–Crippen LogP) is 4.75. The van der Waals surface area contributed by atoms with Crippen molar-refractivity contribution in [2.24, 2.45) is 0 Å². The summed E-state index contributed by atoms with van der Waals surface area (Å²) in [5.41, 5.74) is 1.34. The van der Waals surface area contributed by atoms with Gasteiger partial charge in [0.15, 0.2) is 0 Å². The van der Waals surface area contributed by atoms with E-state index >= 15 is 0 Å². The Hall–Kier alpha value is -1.56. The van der Waals surface area contributed by atoms with Crippen molar-refractivity contribution in [3.8, 4) is 0 Å². The van der Waals surface area contributed by atoms with Crippen LogP contribution in [0.25, 0.3) is 0 Å². The molecule has 2 rings (SSSR count). The molecule has 7 heteroatoms. The summed E-state index contributed by atoms with van der Waals surface area (Å²) >= 11 is 15.3. The number of carbonyl (C=O) groups excluding carboxylic acids is 2. The standard InChI is InChI=1S/C18H17BrCl2N2O2/c1-11(15-7-6-14(20)10-16(15)21)23-17(24)8-9-22-18(25)12-2-4-13(19)5-3-12/h2-7,10-11H,8-9H2,1H3,(H,22,25)(H,23,24). The third-order valence-electron chi connectivity index (χ3n) is 3.55. The largest absolute Gasteiger partial charge is 0.352 e. The molecule has 0 bridgehead atoms. The van der Waals surface area contributed by atoms with Crippen LogP contribution in [-0.4, -0.2) is 18.4 Å². The lowest BCUT2D eigenvalue weighted by Gasteiger charge is -2.16. The minimum Gasteiger partial charge on any atom is -0.352 e. The van der Waals surface area contributed by atoms with E-state index in [0.29, 0.717) is 15.6 Å². The molecule has 132 valence electrons. The molecule has 1 unspecified atom stereocenters. The average molecular weight is 444 g/mol. The Morgan fingerprint density at radius 1 is 1.12 bits per heavy atom. The van der Waals surface area contributed by atoms with Gasteiger partial charge in [-0.05, 0) is 48.9 Å². The van der Waals surface area contributed by atoms with Crippen LogP contribution in [0, 0.1) is 0 Å². The minimum absolute atomic E-state index is 0.172. The molecule has 4 nitrogen and oxygen atoms in total. The van der Waals surface area contributed by atoms with Crippen LogP contribution >= 0.6 is 39.1 Å². The van der Waals surface area contributed by atoms with Crippen molar-refractivity contribution in [2.75, 3.05) is 6.54 Å². The van der Waals surface area contributed by atoms with Gasteiger partial charge >= 0.3 is 0 Å². The van der Waals surface area contributed by atoms with Gasteiger partial charge in [0.05, 0.1) is 6.04 Å². The molecule has 0 saturated heterocycles. The van der Waals surface area contributed by atoms with Crippen LogP contribution in [0.2, 0.25) is 10.0 Å². The zero-order valence-electron chi connectivity index (χ0n) is 13.5. The summed E-state index contributed by atoms with van der Waals surface area (Å²) in [6.07, 6.45) is 0.178. The Labute approximate surface area is 165 Å².